The van der Waals surface area contributed by atoms with Crippen LogP contribution in [-0.2, 0) is 4.79 Å². The third-order valence-electron chi connectivity index (χ3n) is 3.26. The van der Waals surface area contributed by atoms with Crippen molar-refractivity contribution >= 4 is 25.7 Å². The molecular weight excluding hydrogens is 355 g/mol. The van der Waals surface area contributed by atoms with Crippen LogP contribution in [0.15, 0.2) is 0 Å². The van der Waals surface area contributed by atoms with Crippen LogP contribution in [-0.4, -0.2) is 25.7 Å². The SMILES string of the molecule is CC(C)(C)C(=O)[O-].CCC[CH2][Sn+]([CH2]CCC)[CH2]CCC. The Kier molecular flexibility index (Phi) is 16.0. The van der Waals surface area contributed by atoms with Crippen molar-refractivity contribution in [2.45, 2.75) is 93.4 Å². The number of hydrogen-bond donors (Lipinski definition) is 0. The molecule has 0 aliphatic heterocycles. The molecular formula is C17H36O2Sn. The van der Waals surface area contributed by atoms with Crippen LogP contribution in [0, 0.1) is 5.41 Å². The summed E-state index contributed by atoms with van der Waals surface area (Å²) < 4.78 is 5.04. The molecule has 120 valence electrons. The Bertz CT molecular complexity index is 203. The van der Waals surface area contributed by atoms with Crippen LogP contribution in [0.4, 0.5) is 0 Å². The summed E-state index contributed by atoms with van der Waals surface area (Å²) in [6.45, 7) is 11.8. The van der Waals surface area contributed by atoms with E-state index in [9.17, 15) is 9.90 Å². The predicted octanol–water partition coefficient (Wildman–Crippen LogP) is 4.66. The molecule has 0 spiro atoms. The summed E-state index contributed by atoms with van der Waals surface area (Å²) in [7, 11) is 0. The molecule has 0 heterocycles. The van der Waals surface area contributed by atoms with Gasteiger partial charge in [-0.3, -0.25) is 0 Å². The van der Waals surface area contributed by atoms with Crippen molar-refractivity contribution in [1.29, 1.82) is 0 Å². The summed E-state index contributed by atoms with van der Waals surface area (Å²) in [5.41, 5.74) is -0.694. The number of carboxylic acid groups (broad SMARTS) is 1. The minimum absolute atomic E-state index is 0.694. The van der Waals surface area contributed by atoms with E-state index in [-0.39, 0.29) is 0 Å². The van der Waals surface area contributed by atoms with E-state index >= 15 is 0 Å². The van der Waals surface area contributed by atoms with Gasteiger partial charge in [-0.25, -0.2) is 0 Å². The number of unbranched alkanes of at least 4 members (excludes halogenated alkanes) is 3. The Morgan fingerprint density at radius 3 is 1.25 bits per heavy atom. The molecule has 0 N–H and O–H groups in total. The molecule has 0 atom stereocenters. The van der Waals surface area contributed by atoms with Gasteiger partial charge >= 0.3 is 92.4 Å². The molecule has 3 heteroatoms. The molecule has 2 nitrogen and oxygen atoms in total. The van der Waals surface area contributed by atoms with Crippen molar-refractivity contribution in [3.8, 4) is 0 Å². The van der Waals surface area contributed by atoms with Crippen LogP contribution in [0.2, 0.25) is 13.3 Å². The van der Waals surface area contributed by atoms with Gasteiger partial charge in [-0.15, -0.1) is 0 Å². The Hall–Kier alpha value is 0.269. The van der Waals surface area contributed by atoms with E-state index in [2.05, 4.69) is 20.8 Å². The Morgan fingerprint density at radius 2 is 1.10 bits per heavy atom. The average Bonchev–Trinajstić information content (AvgIpc) is 2.37. The summed E-state index contributed by atoms with van der Waals surface area (Å²) in [4.78, 5) is 9.91. The molecule has 0 rings (SSSR count). The van der Waals surface area contributed by atoms with Crippen molar-refractivity contribution in [3.05, 3.63) is 0 Å². The van der Waals surface area contributed by atoms with E-state index in [1.807, 2.05) is 0 Å². The van der Waals surface area contributed by atoms with Crippen molar-refractivity contribution in [1.82, 2.24) is 0 Å². The molecule has 0 aromatic rings. The van der Waals surface area contributed by atoms with Crippen LogP contribution in [0.3, 0.4) is 0 Å². The molecule has 0 radical (unpaired) electrons. The van der Waals surface area contributed by atoms with Crippen molar-refractivity contribution in [2.24, 2.45) is 5.41 Å². The number of aliphatic carboxylic acids is 1. The molecule has 0 saturated carbocycles. The second-order valence-electron chi connectivity index (χ2n) is 6.60. The molecule has 0 saturated heterocycles. The maximum absolute atomic E-state index is 9.91. The van der Waals surface area contributed by atoms with E-state index in [1.54, 1.807) is 34.1 Å². The van der Waals surface area contributed by atoms with Crippen LogP contribution in [0.5, 0.6) is 0 Å². The summed E-state index contributed by atoms with van der Waals surface area (Å²) in [6.07, 6.45) is 8.85. The second kappa shape index (κ2) is 14.2. The molecule has 0 bridgehead atoms. The van der Waals surface area contributed by atoms with Gasteiger partial charge in [0.05, 0.1) is 0 Å². The standard InChI is InChI=1S/C5H10O2.3C4H9.Sn/c1-5(2,3)4(6)7;3*1-3-4-2;/h1-3H3,(H,6,7);3*1,3-4H2,2H3;/q;;;;+1/p-1. The van der Waals surface area contributed by atoms with Gasteiger partial charge in [0, 0.05) is 11.4 Å². The van der Waals surface area contributed by atoms with Crippen LogP contribution < -0.4 is 5.11 Å². The number of rotatable bonds is 9. The van der Waals surface area contributed by atoms with Gasteiger partial charge in [-0.05, 0) is 0 Å². The van der Waals surface area contributed by atoms with Gasteiger partial charge < -0.3 is 9.90 Å². The Morgan fingerprint density at radius 1 is 0.850 bits per heavy atom. The fraction of sp³-hybridized carbons (Fsp3) is 0.941. The molecule has 20 heavy (non-hydrogen) atoms. The Labute approximate surface area is 134 Å². The molecule has 0 aliphatic rings. The number of carbonyl (C=O) groups is 1. The topological polar surface area (TPSA) is 40.1 Å². The van der Waals surface area contributed by atoms with Crippen LogP contribution in [0.1, 0.15) is 80.1 Å². The first-order valence-electron chi connectivity index (χ1n) is 8.34. The van der Waals surface area contributed by atoms with Gasteiger partial charge in [-0.2, -0.15) is 0 Å². The maximum atomic E-state index is 9.91. The van der Waals surface area contributed by atoms with Crippen molar-refractivity contribution in [3.63, 3.8) is 0 Å². The van der Waals surface area contributed by atoms with E-state index < -0.39 is 31.1 Å². The summed E-state index contributed by atoms with van der Waals surface area (Å²) in [6, 6.07) is 0. The fourth-order valence-corrected chi connectivity index (χ4v) is 11.1. The van der Waals surface area contributed by atoms with Crippen molar-refractivity contribution in [2.75, 3.05) is 0 Å². The van der Waals surface area contributed by atoms with E-state index in [4.69, 9.17) is 0 Å². The van der Waals surface area contributed by atoms with Gasteiger partial charge in [0.2, 0.25) is 0 Å². The third-order valence-corrected chi connectivity index (χ3v) is 12.3. The number of carboxylic acids is 1. The Balaban J connectivity index is 0. The molecule has 0 unspecified atom stereocenters. The molecule has 0 aromatic carbocycles. The van der Waals surface area contributed by atoms with E-state index in [0.717, 1.165) is 0 Å². The first-order chi connectivity index (χ1) is 9.29. The predicted molar refractivity (Wildman–Crippen MR) is 89.4 cm³/mol. The fourth-order valence-electron chi connectivity index (χ4n) is 1.66. The van der Waals surface area contributed by atoms with E-state index in [1.165, 1.54) is 38.5 Å². The minimum atomic E-state index is -1.01. The zero-order valence-corrected chi connectivity index (χ0v) is 17.5. The van der Waals surface area contributed by atoms with Gasteiger partial charge in [0.25, 0.3) is 0 Å². The van der Waals surface area contributed by atoms with Gasteiger partial charge in [-0.1, -0.05) is 20.8 Å². The summed E-state index contributed by atoms with van der Waals surface area (Å²) >= 11 is -0.839. The van der Waals surface area contributed by atoms with Crippen LogP contribution in [0.25, 0.3) is 0 Å². The molecule has 0 fully saturated rings. The third kappa shape index (κ3) is 16.3. The zero-order chi connectivity index (χ0) is 16.0. The van der Waals surface area contributed by atoms with Gasteiger partial charge in [0.1, 0.15) is 0 Å². The van der Waals surface area contributed by atoms with Crippen molar-refractivity contribution < 1.29 is 9.90 Å². The second-order valence-corrected chi connectivity index (χ2v) is 15.2. The quantitative estimate of drug-likeness (QED) is 0.537. The number of carbonyl (C=O) groups excluding carboxylic acids is 1. The number of hydrogen-bond acceptors (Lipinski definition) is 2. The summed E-state index contributed by atoms with van der Waals surface area (Å²) in [5.74, 6) is -1.01. The molecule has 0 aliphatic carbocycles. The van der Waals surface area contributed by atoms with Gasteiger partial charge in [0.15, 0.2) is 0 Å². The monoisotopic (exact) mass is 392 g/mol. The first kappa shape index (κ1) is 22.5. The van der Waals surface area contributed by atoms with Crippen LogP contribution >= 0.6 is 0 Å². The first-order valence-corrected chi connectivity index (χ1v) is 14.4. The molecule has 0 amide bonds. The molecule has 0 aromatic heterocycles. The average molecular weight is 391 g/mol. The zero-order valence-electron chi connectivity index (χ0n) is 14.7. The summed E-state index contributed by atoms with van der Waals surface area (Å²) in [5, 5.41) is 9.91. The van der Waals surface area contributed by atoms with E-state index in [0.29, 0.717) is 0 Å². The normalized spacial score (nSPS) is 10.7.